The highest BCUT2D eigenvalue weighted by Crippen LogP contribution is 2.13. The second-order valence-electron chi connectivity index (χ2n) is 5.57. The molecule has 0 aliphatic carbocycles. The molecule has 2 aromatic heterocycles. The number of benzene rings is 1. The Labute approximate surface area is 144 Å². The fourth-order valence-electron chi connectivity index (χ4n) is 2.60. The normalized spacial score (nSPS) is 10.4. The van der Waals surface area contributed by atoms with Crippen LogP contribution in [0.2, 0.25) is 0 Å². The summed E-state index contributed by atoms with van der Waals surface area (Å²) in [4.78, 5) is 31.4. The van der Waals surface area contributed by atoms with Crippen molar-refractivity contribution >= 4 is 28.1 Å². The Morgan fingerprint density at radius 2 is 1.92 bits per heavy atom. The van der Waals surface area contributed by atoms with Crippen LogP contribution < -0.4 is 10.1 Å². The molecule has 0 bridgehead atoms. The van der Waals surface area contributed by atoms with Crippen molar-refractivity contribution in [3.63, 3.8) is 0 Å². The lowest BCUT2D eigenvalue weighted by Gasteiger charge is -2.04. The summed E-state index contributed by atoms with van der Waals surface area (Å²) in [5.41, 5.74) is 0.156. The van der Waals surface area contributed by atoms with Crippen LogP contribution >= 0.6 is 0 Å². The Balaban J connectivity index is 1.77. The van der Waals surface area contributed by atoms with Gasteiger partial charge in [0.25, 0.3) is 5.56 Å². The van der Waals surface area contributed by atoms with Crippen LogP contribution in [0.5, 0.6) is 0 Å². The number of H-pyrrole nitrogens is 1. The lowest BCUT2D eigenvalue weighted by molar-refractivity contribution is -0.697. The molecule has 25 heavy (non-hydrogen) atoms. The number of ketones is 1. The third-order valence-electron chi connectivity index (χ3n) is 3.85. The first-order valence-electron chi connectivity index (χ1n) is 7.95. The molecule has 0 radical (unpaired) electrons. The van der Waals surface area contributed by atoms with Gasteiger partial charge in [-0.15, -0.1) is 0 Å². The van der Waals surface area contributed by atoms with Gasteiger partial charge in [0, 0.05) is 25.0 Å². The molecule has 0 amide bonds. The van der Waals surface area contributed by atoms with E-state index in [1.807, 2.05) is 35.2 Å². The van der Waals surface area contributed by atoms with Gasteiger partial charge in [-0.3, -0.25) is 15.0 Å². The molecular formula is C19H17N4O2+. The number of aromatic amines is 1. The third-order valence-corrected chi connectivity index (χ3v) is 3.85. The van der Waals surface area contributed by atoms with Crippen LogP contribution in [0.25, 0.3) is 16.5 Å². The number of carbonyl (C=O) groups excluding carboxylic acids is 1. The number of hydrogen-bond acceptors (Lipinski definition) is 4. The molecule has 0 saturated heterocycles. The summed E-state index contributed by atoms with van der Waals surface area (Å²) in [5, 5.41) is 7.88. The van der Waals surface area contributed by atoms with Crippen molar-refractivity contribution in [2.24, 2.45) is 0 Å². The number of nitrogens with zero attached hydrogens (tertiary/aromatic N) is 2. The number of rotatable bonds is 6. The molecule has 0 saturated carbocycles. The van der Waals surface area contributed by atoms with Crippen molar-refractivity contribution in [2.75, 3.05) is 0 Å². The molecule has 0 spiro atoms. The second kappa shape index (κ2) is 7.47. The summed E-state index contributed by atoms with van der Waals surface area (Å²) >= 11 is 0. The maximum atomic E-state index is 12.4. The molecule has 3 aromatic rings. The van der Waals surface area contributed by atoms with Gasteiger partial charge >= 0.3 is 0 Å². The van der Waals surface area contributed by atoms with E-state index in [2.05, 4.69) is 15.8 Å². The first kappa shape index (κ1) is 16.5. The number of pyridine rings is 1. The van der Waals surface area contributed by atoms with E-state index >= 15 is 0 Å². The average molecular weight is 333 g/mol. The second-order valence-corrected chi connectivity index (χ2v) is 5.57. The van der Waals surface area contributed by atoms with E-state index < -0.39 is 0 Å². The number of aryl methyl sites for hydroxylation is 1. The minimum absolute atomic E-state index is 0.000847. The van der Waals surface area contributed by atoms with Gasteiger partial charge in [0.15, 0.2) is 24.0 Å². The quantitative estimate of drug-likeness (QED) is 0.410. The maximum Gasteiger partial charge on any atom is 0.259 e. The first-order chi connectivity index (χ1) is 12.2. The van der Waals surface area contributed by atoms with Crippen molar-refractivity contribution in [3.05, 3.63) is 71.0 Å². The first-order valence-corrected chi connectivity index (χ1v) is 7.95. The van der Waals surface area contributed by atoms with Crippen molar-refractivity contribution in [2.45, 2.75) is 19.4 Å². The van der Waals surface area contributed by atoms with Gasteiger partial charge in [0.05, 0.1) is 10.9 Å². The van der Waals surface area contributed by atoms with E-state index in [0.29, 0.717) is 23.9 Å². The molecule has 3 rings (SSSR count). The molecule has 2 N–H and O–H groups in total. The van der Waals surface area contributed by atoms with Gasteiger partial charge in [-0.1, -0.05) is 18.2 Å². The predicted molar refractivity (Wildman–Crippen MR) is 94.4 cm³/mol. The molecule has 124 valence electrons. The van der Waals surface area contributed by atoms with E-state index in [1.165, 1.54) is 0 Å². The smallest absolute Gasteiger partial charge is 0.259 e. The number of allylic oxidation sites excluding steroid dienone is 1. The largest absolute Gasteiger partial charge is 0.305 e. The molecule has 0 fully saturated rings. The van der Waals surface area contributed by atoms with Crippen LogP contribution in [0, 0.1) is 5.41 Å². The van der Waals surface area contributed by atoms with Crippen LogP contribution in [0.4, 0.5) is 0 Å². The zero-order valence-electron chi connectivity index (χ0n) is 13.5. The summed E-state index contributed by atoms with van der Waals surface area (Å²) in [7, 11) is 0. The number of hydrogen-bond donors (Lipinski definition) is 2. The number of para-hydroxylation sites is 1. The summed E-state index contributed by atoms with van der Waals surface area (Å²) in [6.07, 6.45) is 4.73. The van der Waals surface area contributed by atoms with Gasteiger partial charge in [-0.2, -0.15) is 0 Å². The van der Waals surface area contributed by atoms with E-state index in [9.17, 15) is 9.59 Å². The molecule has 6 nitrogen and oxygen atoms in total. The summed E-state index contributed by atoms with van der Waals surface area (Å²) in [5.74, 6) is 1.97. The topological polar surface area (TPSA) is 90.6 Å². The minimum atomic E-state index is -0.332. The Hall–Kier alpha value is -3.37. The van der Waals surface area contributed by atoms with E-state index in [-0.39, 0.29) is 29.2 Å². The molecule has 6 heteroatoms. The number of nitrogens with one attached hydrogen (secondary N) is 2. The monoisotopic (exact) mass is 333 g/mol. The van der Waals surface area contributed by atoms with Crippen molar-refractivity contribution in [1.29, 1.82) is 5.41 Å². The predicted octanol–water partition coefficient (Wildman–Crippen LogP) is 1.89. The van der Waals surface area contributed by atoms with Gasteiger partial charge < -0.3 is 4.98 Å². The molecule has 0 atom stereocenters. The molecule has 0 aliphatic rings. The molecule has 1 aromatic carbocycles. The van der Waals surface area contributed by atoms with Crippen LogP contribution in [-0.4, -0.2) is 21.6 Å². The third kappa shape index (κ3) is 3.76. The Morgan fingerprint density at radius 1 is 1.16 bits per heavy atom. The minimum Gasteiger partial charge on any atom is -0.305 e. The number of fused-ring (bicyclic) bond motifs is 1. The molecule has 2 heterocycles. The Kier molecular flexibility index (Phi) is 4.92. The summed E-state index contributed by atoms with van der Waals surface area (Å²) < 4.78 is 1.98. The van der Waals surface area contributed by atoms with Gasteiger partial charge in [0.2, 0.25) is 0 Å². The SMILES string of the molecule is N=C=C(C(=O)CCC[n+]1ccccc1)c1nc2ccccc2c(=O)[nH]1. The fourth-order valence-corrected chi connectivity index (χ4v) is 2.60. The van der Waals surface area contributed by atoms with Crippen LogP contribution in [0.15, 0.2) is 59.7 Å². The van der Waals surface area contributed by atoms with Crippen molar-refractivity contribution < 1.29 is 9.36 Å². The highest BCUT2D eigenvalue weighted by Gasteiger charge is 2.16. The molecule has 0 unspecified atom stereocenters. The van der Waals surface area contributed by atoms with Crippen LogP contribution in [0.1, 0.15) is 18.7 Å². The Morgan fingerprint density at radius 3 is 2.68 bits per heavy atom. The summed E-state index contributed by atoms with van der Waals surface area (Å²) in [6, 6.07) is 12.7. The van der Waals surface area contributed by atoms with Crippen LogP contribution in [0.3, 0.4) is 0 Å². The van der Waals surface area contributed by atoms with E-state index in [4.69, 9.17) is 5.41 Å². The van der Waals surface area contributed by atoms with Crippen LogP contribution in [-0.2, 0) is 11.3 Å². The molecular weight excluding hydrogens is 316 g/mol. The van der Waals surface area contributed by atoms with E-state index in [0.717, 1.165) is 0 Å². The van der Waals surface area contributed by atoms with Gasteiger partial charge in [-0.25, -0.2) is 9.55 Å². The van der Waals surface area contributed by atoms with Crippen molar-refractivity contribution in [3.8, 4) is 0 Å². The van der Waals surface area contributed by atoms with Crippen molar-refractivity contribution in [1.82, 2.24) is 9.97 Å². The van der Waals surface area contributed by atoms with E-state index in [1.54, 1.807) is 24.3 Å². The highest BCUT2D eigenvalue weighted by atomic mass is 16.1. The highest BCUT2D eigenvalue weighted by molar-refractivity contribution is 6.27. The molecule has 0 aliphatic heterocycles. The number of carbonyl (C=O) groups is 1. The number of aromatic nitrogens is 3. The Bertz CT molecular complexity index is 1020. The summed E-state index contributed by atoms with van der Waals surface area (Å²) in [6.45, 7) is 0.694. The average Bonchev–Trinajstić information content (AvgIpc) is 2.63. The zero-order valence-corrected chi connectivity index (χ0v) is 13.5. The zero-order chi connectivity index (χ0) is 17.6. The van der Waals surface area contributed by atoms with Gasteiger partial charge in [0.1, 0.15) is 12.1 Å². The lowest BCUT2D eigenvalue weighted by Crippen LogP contribution is -2.32. The fraction of sp³-hybridized carbons (Fsp3) is 0.158. The lowest BCUT2D eigenvalue weighted by atomic mass is 10.1. The van der Waals surface area contributed by atoms with Gasteiger partial charge in [-0.05, 0) is 18.0 Å². The standard InChI is InChI=1S/C19H16N4O2/c20-13-15(17(24)9-6-12-23-10-4-1-5-11-23)18-21-16-8-3-2-7-14(16)19(25)22-18/h1-5,7-8,10-11,20H,6,9,12H2/p+1. The maximum absolute atomic E-state index is 12.4. The number of Topliss-reactive ketones (excluding diaryl/α,β-unsaturated/α-hetero) is 1.